The fourth-order valence-corrected chi connectivity index (χ4v) is 1.97. The highest BCUT2D eigenvalue weighted by molar-refractivity contribution is 7.22. The van der Waals surface area contributed by atoms with Crippen molar-refractivity contribution >= 4 is 38.3 Å². The summed E-state index contributed by atoms with van der Waals surface area (Å²) in [6, 6.07) is 1.81. The standard InChI is InChI=1S/C7H6ClN3S/c1-9-7-11-4-3-10-6(8)2-5(4)12-7/h2-3H,1H3,(H,9,11). The van der Waals surface area contributed by atoms with E-state index in [4.69, 9.17) is 11.6 Å². The first-order valence-electron chi connectivity index (χ1n) is 3.39. The Bertz CT molecular complexity index is 412. The number of nitrogens with zero attached hydrogens (tertiary/aromatic N) is 2. The lowest BCUT2D eigenvalue weighted by molar-refractivity contribution is 1.33. The molecule has 0 fully saturated rings. The third kappa shape index (κ3) is 1.23. The van der Waals surface area contributed by atoms with Crippen LogP contribution in [0.1, 0.15) is 0 Å². The van der Waals surface area contributed by atoms with Crippen LogP contribution in [0.15, 0.2) is 12.3 Å². The van der Waals surface area contributed by atoms with Crippen LogP contribution in [0.5, 0.6) is 0 Å². The van der Waals surface area contributed by atoms with Crippen LogP contribution < -0.4 is 5.32 Å². The molecule has 62 valence electrons. The van der Waals surface area contributed by atoms with Gasteiger partial charge in [-0.1, -0.05) is 22.9 Å². The van der Waals surface area contributed by atoms with Crippen molar-refractivity contribution in [1.29, 1.82) is 0 Å². The fraction of sp³-hybridized carbons (Fsp3) is 0.143. The normalized spacial score (nSPS) is 10.5. The number of hydrogen-bond donors (Lipinski definition) is 1. The number of rotatable bonds is 1. The van der Waals surface area contributed by atoms with E-state index in [1.165, 1.54) is 0 Å². The average Bonchev–Trinajstić information content (AvgIpc) is 2.46. The third-order valence-corrected chi connectivity index (χ3v) is 2.70. The number of fused-ring (bicyclic) bond motifs is 1. The molecule has 2 heterocycles. The Balaban J connectivity index is 2.67. The van der Waals surface area contributed by atoms with Crippen molar-refractivity contribution in [3.63, 3.8) is 0 Å². The van der Waals surface area contributed by atoms with Crippen molar-refractivity contribution in [2.75, 3.05) is 12.4 Å². The van der Waals surface area contributed by atoms with E-state index in [1.807, 2.05) is 13.1 Å². The number of aromatic nitrogens is 2. The Kier molecular flexibility index (Phi) is 1.86. The zero-order chi connectivity index (χ0) is 8.55. The van der Waals surface area contributed by atoms with Crippen LogP contribution in [0.4, 0.5) is 5.13 Å². The van der Waals surface area contributed by atoms with Crippen LogP contribution >= 0.6 is 22.9 Å². The Hall–Kier alpha value is -0.870. The smallest absolute Gasteiger partial charge is 0.183 e. The number of halogens is 1. The molecule has 0 aliphatic heterocycles. The lowest BCUT2D eigenvalue weighted by atomic mass is 10.5. The molecule has 0 radical (unpaired) electrons. The predicted octanol–water partition coefficient (Wildman–Crippen LogP) is 2.39. The molecular formula is C7H6ClN3S. The minimum atomic E-state index is 0.508. The minimum Gasteiger partial charge on any atom is -0.365 e. The average molecular weight is 200 g/mol. The van der Waals surface area contributed by atoms with Crippen molar-refractivity contribution in [3.05, 3.63) is 17.4 Å². The molecule has 1 N–H and O–H groups in total. The van der Waals surface area contributed by atoms with Crippen LogP contribution in [-0.4, -0.2) is 17.0 Å². The van der Waals surface area contributed by atoms with Gasteiger partial charge in [-0.25, -0.2) is 9.97 Å². The van der Waals surface area contributed by atoms with Gasteiger partial charge >= 0.3 is 0 Å². The first-order chi connectivity index (χ1) is 5.79. The van der Waals surface area contributed by atoms with Crippen molar-refractivity contribution in [2.24, 2.45) is 0 Å². The second-order valence-electron chi connectivity index (χ2n) is 2.24. The number of pyridine rings is 1. The van der Waals surface area contributed by atoms with Crippen LogP contribution in [-0.2, 0) is 0 Å². The van der Waals surface area contributed by atoms with Gasteiger partial charge < -0.3 is 5.32 Å². The van der Waals surface area contributed by atoms with Gasteiger partial charge in [0.2, 0.25) is 0 Å². The van der Waals surface area contributed by atoms with Gasteiger partial charge in [0.15, 0.2) is 5.13 Å². The molecule has 0 atom stereocenters. The highest BCUT2D eigenvalue weighted by atomic mass is 35.5. The molecule has 5 heteroatoms. The molecule has 2 aromatic rings. The summed E-state index contributed by atoms with van der Waals surface area (Å²) in [4.78, 5) is 8.20. The molecule has 0 saturated heterocycles. The van der Waals surface area contributed by atoms with E-state index in [1.54, 1.807) is 17.5 Å². The van der Waals surface area contributed by atoms with Gasteiger partial charge in [0, 0.05) is 7.05 Å². The van der Waals surface area contributed by atoms with Crippen molar-refractivity contribution in [3.8, 4) is 0 Å². The second kappa shape index (κ2) is 2.88. The zero-order valence-corrected chi connectivity index (χ0v) is 7.91. The lowest BCUT2D eigenvalue weighted by Crippen LogP contribution is -1.84. The molecule has 2 rings (SSSR count). The summed E-state index contributed by atoms with van der Waals surface area (Å²) in [7, 11) is 1.84. The van der Waals surface area contributed by atoms with Gasteiger partial charge in [-0.2, -0.15) is 0 Å². The summed E-state index contributed by atoms with van der Waals surface area (Å²) in [6.07, 6.45) is 1.68. The molecule has 0 aliphatic carbocycles. The van der Waals surface area contributed by atoms with Gasteiger partial charge in [-0.05, 0) is 6.07 Å². The Morgan fingerprint density at radius 2 is 2.42 bits per heavy atom. The molecular weight excluding hydrogens is 194 g/mol. The first kappa shape index (κ1) is 7.76. The maximum atomic E-state index is 5.72. The quantitative estimate of drug-likeness (QED) is 0.717. The summed E-state index contributed by atoms with van der Waals surface area (Å²) in [5.41, 5.74) is 0.883. The van der Waals surface area contributed by atoms with Crippen molar-refractivity contribution < 1.29 is 0 Å². The van der Waals surface area contributed by atoms with Gasteiger partial charge in [-0.3, -0.25) is 0 Å². The Morgan fingerprint density at radius 3 is 3.17 bits per heavy atom. The highest BCUT2D eigenvalue weighted by Crippen LogP contribution is 2.26. The summed E-state index contributed by atoms with van der Waals surface area (Å²) in [5, 5.41) is 4.36. The SMILES string of the molecule is CNc1nc2cnc(Cl)cc2s1. The summed E-state index contributed by atoms with van der Waals surface area (Å²) >= 11 is 7.28. The molecule has 0 unspecified atom stereocenters. The van der Waals surface area contributed by atoms with E-state index in [9.17, 15) is 0 Å². The lowest BCUT2D eigenvalue weighted by Gasteiger charge is -1.85. The molecule has 12 heavy (non-hydrogen) atoms. The van der Waals surface area contributed by atoms with E-state index in [-0.39, 0.29) is 0 Å². The fourth-order valence-electron chi connectivity index (χ4n) is 0.915. The predicted molar refractivity (Wildman–Crippen MR) is 52.0 cm³/mol. The first-order valence-corrected chi connectivity index (χ1v) is 4.59. The van der Waals surface area contributed by atoms with Crippen LogP contribution in [0, 0.1) is 0 Å². The molecule has 0 aromatic carbocycles. The molecule has 0 aliphatic rings. The van der Waals surface area contributed by atoms with Gasteiger partial charge in [-0.15, -0.1) is 0 Å². The largest absolute Gasteiger partial charge is 0.365 e. The van der Waals surface area contributed by atoms with Crippen molar-refractivity contribution in [1.82, 2.24) is 9.97 Å². The summed E-state index contributed by atoms with van der Waals surface area (Å²) in [5.74, 6) is 0. The van der Waals surface area contributed by atoms with Gasteiger partial charge in [0.05, 0.1) is 10.9 Å². The Labute approximate surface area is 78.4 Å². The summed E-state index contributed by atoms with van der Waals surface area (Å²) in [6.45, 7) is 0. The summed E-state index contributed by atoms with van der Waals surface area (Å²) < 4.78 is 1.05. The highest BCUT2D eigenvalue weighted by Gasteiger charge is 2.02. The van der Waals surface area contributed by atoms with Crippen LogP contribution in [0.25, 0.3) is 10.2 Å². The van der Waals surface area contributed by atoms with E-state index in [2.05, 4.69) is 15.3 Å². The monoisotopic (exact) mass is 199 g/mol. The number of thiazole rings is 1. The molecule has 3 nitrogen and oxygen atoms in total. The molecule has 0 amide bonds. The number of anilines is 1. The van der Waals surface area contributed by atoms with Crippen molar-refractivity contribution in [2.45, 2.75) is 0 Å². The second-order valence-corrected chi connectivity index (χ2v) is 3.66. The molecule has 0 saturated carbocycles. The minimum absolute atomic E-state index is 0.508. The van der Waals surface area contributed by atoms with E-state index in [0.717, 1.165) is 15.3 Å². The third-order valence-electron chi connectivity index (χ3n) is 1.46. The Morgan fingerprint density at radius 1 is 1.58 bits per heavy atom. The molecule has 2 aromatic heterocycles. The van der Waals surface area contributed by atoms with Crippen LogP contribution in [0.2, 0.25) is 5.15 Å². The number of nitrogens with one attached hydrogen (secondary N) is 1. The number of hydrogen-bond acceptors (Lipinski definition) is 4. The van der Waals surface area contributed by atoms with E-state index >= 15 is 0 Å². The maximum Gasteiger partial charge on any atom is 0.183 e. The van der Waals surface area contributed by atoms with Crippen LogP contribution in [0.3, 0.4) is 0 Å². The molecule has 0 bridgehead atoms. The molecule has 0 spiro atoms. The van der Waals surface area contributed by atoms with E-state index < -0.39 is 0 Å². The topological polar surface area (TPSA) is 37.8 Å². The van der Waals surface area contributed by atoms with Gasteiger partial charge in [0.1, 0.15) is 10.7 Å². The van der Waals surface area contributed by atoms with E-state index in [0.29, 0.717) is 5.15 Å². The zero-order valence-electron chi connectivity index (χ0n) is 6.34. The van der Waals surface area contributed by atoms with Gasteiger partial charge in [0.25, 0.3) is 0 Å². The maximum absolute atomic E-state index is 5.72.